The SMILES string of the molecule is O=C(O)C(F)(F)F.O[C@@H](CNc1cc(-c2ccc(F)cc2)ncn1)c1ccccc1. The zero-order chi connectivity index (χ0) is 22.1. The number of halogens is 4. The van der Waals surface area contributed by atoms with E-state index in [1.54, 1.807) is 18.2 Å². The van der Waals surface area contributed by atoms with Gasteiger partial charge in [-0.25, -0.2) is 19.2 Å². The Kier molecular flexibility index (Phi) is 7.82. The van der Waals surface area contributed by atoms with Crippen molar-refractivity contribution in [2.75, 3.05) is 11.9 Å². The molecule has 0 aliphatic rings. The number of aliphatic hydroxyl groups is 1. The van der Waals surface area contributed by atoms with E-state index in [9.17, 15) is 22.7 Å². The predicted octanol–water partition coefficient (Wildman–Crippen LogP) is 4.06. The number of benzene rings is 2. The second kappa shape index (κ2) is 10.3. The molecule has 10 heteroatoms. The zero-order valence-corrected chi connectivity index (χ0v) is 15.3. The summed E-state index contributed by atoms with van der Waals surface area (Å²) in [6.07, 6.45) is -4.27. The quantitative estimate of drug-likeness (QED) is 0.536. The van der Waals surface area contributed by atoms with Crippen LogP contribution in [0.3, 0.4) is 0 Å². The third-order valence-corrected chi connectivity index (χ3v) is 3.71. The van der Waals surface area contributed by atoms with Gasteiger partial charge in [-0.1, -0.05) is 30.3 Å². The molecule has 0 saturated carbocycles. The van der Waals surface area contributed by atoms with Gasteiger partial charge in [-0.15, -0.1) is 0 Å². The van der Waals surface area contributed by atoms with Gasteiger partial charge in [0.05, 0.1) is 11.8 Å². The highest BCUT2D eigenvalue weighted by atomic mass is 19.4. The van der Waals surface area contributed by atoms with Crippen molar-refractivity contribution in [2.45, 2.75) is 12.3 Å². The fourth-order valence-corrected chi connectivity index (χ4v) is 2.23. The van der Waals surface area contributed by atoms with Gasteiger partial charge >= 0.3 is 12.1 Å². The normalized spacial score (nSPS) is 11.8. The van der Waals surface area contributed by atoms with Crippen molar-refractivity contribution in [1.82, 2.24) is 9.97 Å². The number of hydrogen-bond acceptors (Lipinski definition) is 5. The minimum absolute atomic E-state index is 0.285. The smallest absolute Gasteiger partial charge is 0.475 e. The summed E-state index contributed by atoms with van der Waals surface area (Å²) in [6, 6.07) is 17.3. The van der Waals surface area contributed by atoms with Gasteiger partial charge in [0.25, 0.3) is 0 Å². The van der Waals surface area contributed by atoms with E-state index in [-0.39, 0.29) is 5.82 Å². The van der Waals surface area contributed by atoms with Crippen molar-refractivity contribution >= 4 is 11.8 Å². The van der Waals surface area contributed by atoms with Crippen molar-refractivity contribution in [3.63, 3.8) is 0 Å². The molecule has 158 valence electrons. The first kappa shape index (κ1) is 22.8. The van der Waals surface area contributed by atoms with Gasteiger partial charge in [-0.2, -0.15) is 13.2 Å². The van der Waals surface area contributed by atoms with Gasteiger partial charge in [0, 0.05) is 18.2 Å². The highest BCUT2D eigenvalue weighted by Gasteiger charge is 2.38. The minimum atomic E-state index is -5.08. The van der Waals surface area contributed by atoms with Crippen LogP contribution >= 0.6 is 0 Å². The average Bonchev–Trinajstić information content (AvgIpc) is 2.73. The molecule has 3 aromatic rings. The molecule has 0 spiro atoms. The maximum absolute atomic E-state index is 13.0. The van der Waals surface area contributed by atoms with E-state index < -0.39 is 18.2 Å². The van der Waals surface area contributed by atoms with Gasteiger partial charge < -0.3 is 15.5 Å². The van der Waals surface area contributed by atoms with Gasteiger partial charge in [-0.3, -0.25) is 0 Å². The lowest BCUT2D eigenvalue weighted by molar-refractivity contribution is -0.192. The number of hydrogen-bond donors (Lipinski definition) is 3. The summed E-state index contributed by atoms with van der Waals surface area (Å²) in [7, 11) is 0. The maximum atomic E-state index is 13.0. The molecule has 1 aromatic heterocycles. The Morgan fingerprint density at radius 1 is 1.03 bits per heavy atom. The molecule has 3 rings (SSSR count). The summed E-state index contributed by atoms with van der Waals surface area (Å²) in [6.45, 7) is 0.337. The number of rotatable bonds is 5. The van der Waals surface area contributed by atoms with Gasteiger partial charge in [-0.05, 0) is 29.8 Å². The van der Waals surface area contributed by atoms with Crippen LogP contribution in [0.5, 0.6) is 0 Å². The molecular formula is C20H17F4N3O3. The third-order valence-electron chi connectivity index (χ3n) is 3.71. The molecule has 0 aliphatic carbocycles. The second-order valence-electron chi connectivity index (χ2n) is 5.91. The van der Waals surface area contributed by atoms with E-state index in [2.05, 4.69) is 15.3 Å². The van der Waals surface area contributed by atoms with Crippen molar-refractivity contribution in [3.05, 3.63) is 78.4 Å². The van der Waals surface area contributed by atoms with E-state index in [0.717, 1.165) is 11.1 Å². The molecule has 0 fully saturated rings. The van der Waals surface area contributed by atoms with Crippen LogP contribution in [0.2, 0.25) is 0 Å². The summed E-state index contributed by atoms with van der Waals surface area (Å²) >= 11 is 0. The van der Waals surface area contributed by atoms with Crippen LogP contribution in [0.4, 0.5) is 23.4 Å². The molecular weight excluding hydrogens is 406 g/mol. The van der Waals surface area contributed by atoms with E-state index in [1.165, 1.54) is 18.5 Å². The number of carboxylic acids is 1. The molecule has 0 amide bonds. The monoisotopic (exact) mass is 423 g/mol. The number of aliphatic hydroxyl groups excluding tert-OH is 1. The number of carbonyl (C=O) groups is 1. The van der Waals surface area contributed by atoms with Crippen LogP contribution in [0.1, 0.15) is 11.7 Å². The van der Waals surface area contributed by atoms with Gasteiger partial charge in [0.1, 0.15) is 18.0 Å². The standard InChI is InChI=1S/C18H16FN3O.C2HF3O2/c19-15-8-6-13(7-9-15)16-10-18(22-12-21-16)20-11-17(23)14-4-2-1-3-5-14;3-2(4,5)1(6)7/h1-10,12,17,23H,11H2,(H,20,21,22);(H,6,7)/t17-;/m0./s1. The van der Waals surface area contributed by atoms with Crippen molar-refractivity contribution in [3.8, 4) is 11.3 Å². The van der Waals surface area contributed by atoms with Gasteiger partial charge in [0.15, 0.2) is 0 Å². The van der Waals surface area contributed by atoms with Crippen molar-refractivity contribution in [1.29, 1.82) is 0 Å². The van der Waals surface area contributed by atoms with E-state index in [4.69, 9.17) is 9.90 Å². The summed E-state index contributed by atoms with van der Waals surface area (Å²) < 4.78 is 44.7. The number of anilines is 1. The first-order valence-electron chi connectivity index (χ1n) is 8.52. The molecule has 0 bridgehead atoms. The van der Waals surface area contributed by atoms with Gasteiger partial charge in [0.2, 0.25) is 0 Å². The Morgan fingerprint density at radius 3 is 2.20 bits per heavy atom. The molecule has 1 atom stereocenters. The lowest BCUT2D eigenvalue weighted by atomic mass is 10.1. The van der Waals surface area contributed by atoms with Crippen LogP contribution < -0.4 is 5.32 Å². The minimum Gasteiger partial charge on any atom is -0.475 e. The van der Waals surface area contributed by atoms with Crippen LogP contribution in [-0.4, -0.2) is 38.9 Å². The number of nitrogens with zero attached hydrogens (tertiary/aromatic N) is 2. The lowest BCUT2D eigenvalue weighted by Gasteiger charge is -2.13. The van der Waals surface area contributed by atoms with Crippen molar-refractivity contribution < 1.29 is 32.6 Å². The first-order valence-corrected chi connectivity index (χ1v) is 8.52. The van der Waals surface area contributed by atoms with E-state index in [0.29, 0.717) is 18.1 Å². The van der Waals surface area contributed by atoms with Crippen LogP contribution in [0, 0.1) is 5.82 Å². The lowest BCUT2D eigenvalue weighted by Crippen LogP contribution is -2.21. The Bertz CT molecular complexity index is 952. The molecule has 0 unspecified atom stereocenters. The second-order valence-corrected chi connectivity index (χ2v) is 5.91. The highest BCUT2D eigenvalue weighted by Crippen LogP contribution is 2.20. The molecule has 0 aliphatic heterocycles. The summed E-state index contributed by atoms with van der Waals surface area (Å²) in [5, 5.41) is 20.4. The Labute approximate surface area is 168 Å². The number of nitrogens with one attached hydrogen (secondary N) is 1. The summed E-state index contributed by atoms with van der Waals surface area (Å²) in [5.41, 5.74) is 2.34. The van der Waals surface area contributed by atoms with Crippen LogP contribution in [0.15, 0.2) is 67.0 Å². The molecule has 0 radical (unpaired) electrons. The summed E-state index contributed by atoms with van der Waals surface area (Å²) in [4.78, 5) is 17.2. The molecule has 30 heavy (non-hydrogen) atoms. The number of aliphatic carboxylic acids is 1. The fraction of sp³-hybridized carbons (Fsp3) is 0.150. The fourth-order valence-electron chi connectivity index (χ4n) is 2.23. The first-order chi connectivity index (χ1) is 14.2. The van der Waals surface area contributed by atoms with E-state index in [1.807, 2.05) is 30.3 Å². The number of alkyl halides is 3. The Morgan fingerprint density at radius 2 is 1.63 bits per heavy atom. The maximum Gasteiger partial charge on any atom is 0.490 e. The molecule has 6 nitrogen and oxygen atoms in total. The van der Waals surface area contributed by atoms with Crippen molar-refractivity contribution in [2.24, 2.45) is 0 Å². The predicted molar refractivity (Wildman–Crippen MR) is 101 cm³/mol. The Balaban J connectivity index is 0.000000396. The zero-order valence-electron chi connectivity index (χ0n) is 15.3. The molecule has 1 heterocycles. The Hall–Kier alpha value is -3.53. The topological polar surface area (TPSA) is 95.3 Å². The summed E-state index contributed by atoms with van der Waals surface area (Å²) in [5.74, 6) is -2.44. The average molecular weight is 423 g/mol. The third kappa shape index (κ3) is 7.13. The van der Waals surface area contributed by atoms with Crippen LogP contribution in [-0.2, 0) is 4.79 Å². The number of carboxylic acid groups (broad SMARTS) is 1. The largest absolute Gasteiger partial charge is 0.490 e. The number of aromatic nitrogens is 2. The molecule has 2 aromatic carbocycles. The van der Waals surface area contributed by atoms with E-state index >= 15 is 0 Å². The highest BCUT2D eigenvalue weighted by molar-refractivity contribution is 5.73. The van der Waals surface area contributed by atoms with Crippen LogP contribution in [0.25, 0.3) is 11.3 Å². The molecule has 0 saturated heterocycles. The molecule has 3 N–H and O–H groups in total.